The van der Waals surface area contributed by atoms with Gasteiger partial charge in [0.2, 0.25) is 0 Å². The third-order valence-electron chi connectivity index (χ3n) is 5.92. The summed E-state index contributed by atoms with van der Waals surface area (Å²) < 4.78 is 5.84. The summed E-state index contributed by atoms with van der Waals surface area (Å²) >= 11 is 3.93. The van der Waals surface area contributed by atoms with E-state index in [1.165, 1.54) is 19.3 Å². The second-order valence-electron chi connectivity index (χ2n) is 7.74. The smallest absolute Gasteiger partial charge is 0.312 e. The summed E-state index contributed by atoms with van der Waals surface area (Å²) in [7, 11) is 0. The van der Waals surface area contributed by atoms with Crippen LogP contribution in [0.1, 0.15) is 49.7 Å². The zero-order valence-corrected chi connectivity index (χ0v) is 14.6. The van der Waals surface area contributed by atoms with Gasteiger partial charge in [-0.3, -0.25) is 4.79 Å². The highest BCUT2D eigenvalue weighted by Gasteiger charge is 2.60. The number of carbonyl (C=O) groups is 1. The van der Waals surface area contributed by atoms with Crippen LogP contribution in [0.5, 0.6) is 0 Å². The zero-order valence-electron chi connectivity index (χ0n) is 13.1. The van der Waals surface area contributed by atoms with Crippen LogP contribution in [0.25, 0.3) is 0 Å². The Hall–Kier alpha value is -1.34. The Bertz CT molecular complexity index is 679. The van der Waals surface area contributed by atoms with E-state index >= 15 is 0 Å². The van der Waals surface area contributed by atoms with E-state index < -0.39 is 0 Å². The maximum atomic E-state index is 12.9. The molecular formula is C19H20BrNO2. The molecule has 3 nitrogen and oxygen atoms in total. The molecule has 4 atom stereocenters. The average molecular weight is 374 g/mol. The molecule has 0 amide bonds. The SMILES string of the molecule is N#Cc1ccccc1COC(=O)C12C[C@@H]3C[C@@H](CC(Br)(C3)C1)C2. The van der Waals surface area contributed by atoms with Crippen molar-refractivity contribution in [2.24, 2.45) is 17.3 Å². The van der Waals surface area contributed by atoms with Crippen molar-refractivity contribution in [1.82, 2.24) is 0 Å². The molecule has 0 saturated heterocycles. The molecule has 0 N–H and O–H groups in total. The van der Waals surface area contributed by atoms with Gasteiger partial charge in [-0.05, 0) is 56.4 Å². The predicted molar refractivity (Wildman–Crippen MR) is 89.7 cm³/mol. The number of hydrogen-bond donors (Lipinski definition) is 0. The van der Waals surface area contributed by atoms with Gasteiger partial charge in [-0.2, -0.15) is 5.26 Å². The van der Waals surface area contributed by atoms with Gasteiger partial charge < -0.3 is 4.74 Å². The van der Waals surface area contributed by atoms with Crippen molar-refractivity contribution >= 4 is 21.9 Å². The molecule has 4 aliphatic rings. The highest BCUT2D eigenvalue weighted by atomic mass is 79.9. The molecule has 1 aromatic carbocycles. The summed E-state index contributed by atoms with van der Waals surface area (Å²) in [5.74, 6) is 1.27. The van der Waals surface area contributed by atoms with Gasteiger partial charge in [0.25, 0.3) is 0 Å². The minimum Gasteiger partial charge on any atom is -0.460 e. The molecule has 4 fully saturated rings. The van der Waals surface area contributed by atoms with Gasteiger partial charge in [-0.25, -0.2) is 0 Å². The fourth-order valence-corrected chi connectivity index (χ4v) is 6.89. The lowest BCUT2D eigenvalue weighted by atomic mass is 9.49. The first-order valence-electron chi connectivity index (χ1n) is 8.36. The van der Waals surface area contributed by atoms with Crippen molar-refractivity contribution < 1.29 is 9.53 Å². The molecule has 4 heteroatoms. The zero-order chi connectivity index (χ0) is 16.1. The third kappa shape index (κ3) is 2.59. The number of carbonyl (C=O) groups excluding carboxylic acids is 1. The van der Waals surface area contributed by atoms with Crippen molar-refractivity contribution in [2.45, 2.75) is 49.5 Å². The summed E-state index contributed by atoms with van der Waals surface area (Å²) in [6.45, 7) is 0.203. The van der Waals surface area contributed by atoms with Crippen molar-refractivity contribution in [2.75, 3.05) is 0 Å². The molecule has 0 aliphatic heterocycles. The summed E-state index contributed by atoms with van der Waals surface area (Å²) in [5.41, 5.74) is 1.08. The predicted octanol–water partition coefficient (Wildman–Crippen LogP) is 4.34. The Kier molecular flexibility index (Phi) is 3.53. The third-order valence-corrected chi connectivity index (χ3v) is 6.85. The lowest BCUT2D eigenvalue weighted by molar-refractivity contribution is -0.170. The van der Waals surface area contributed by atoms with Crippen molar-refractivity contribution in [3.05, 3.63) is 35.4 Å². The van der Waals surface area contributed by atoms with Gasteiger partial charge in [0.1, 0.15) is 6.61 Å². The van der Waals surface area contributed by atoms with Crippen LogP contribution in [-0.2, 0) is 16.1 Å². The first-order valence-corrected chi connectivity index (χ1v) is 9.15. The van der Waals surface area contributed by atoms with Crippen LogP contribution in [0.4, 0.5) is 0 Å². The van der Waals surface area contributed by atoms with E-state index in [4.69, 9.17) is 10.00 Å². The number of ether oxygens (including phenoxy) is 1. The number of hydrogen-bond acceptors (Lipinski definition) is 3. The number of esters is 1. The fraction of sp³-hybridized carbons (Fsp3) is 0.579. The molecular weight excluding hydrogens is 354 g/mol. The second kappa shape index (κ2) is 5.34. The molecule has 5 rings (SSSR count). The van der Waals surface area contributed by atoms with Crippen LogP contribution in [0.3, 0.4) is 0 Å². The molecule has 0 spiro atoms. The molecule has 4 bridgehead atoms. The van der Waals surface area contributed by atoms with Gasteiger partial charge in [0, 0.05) is 9.89 Å². The van der Waals surface area contributed by atoms with Crippen LogP contribution in [0.2, 0.25) is 0 Å². The quantitative estimate of drug-likeness (QED) is 0.584. The van der Waals surface area contributed by atoms with Crippen molar-refractivity contribution in [3.8, 4) is 6.07 Å². The van der Waals surface area contributed by atoms with E-state index in [1.54, 1.807) is 6.07 Å². The topological polar surface area (TPSA) is 50.1 Å². The largest absolute Gasteiger partial charge is 0.460 e. The highest BCUT2D eigenvalue weighted by molar-refractivity contribution is 9.10. The highest BCUT2D eigenvalue weighted by Crippen LogP contribution is 2.64. The second-order valence-corrected chi connectivity index (χ2v) is 9.42. The molecule has 0 radical (unpaired) electrons. The van der Waals surface area contributed by atoms with E-state index in [2.05, 4.69) is 22.0 Å². The molecule has 1 aromatic rings. The minimum atomic E-state index is -0.296. The lowest BCUT2D eigenvalue weighted by Gasteiger charge is -2.58. The van der Waals surface area contributed by atoms with Crippen LogP contribution >= 0.6 is 15.9 Å². The average Bonchev–Trinajstić information content (AvgIpc) is 2.50. The first-order chi connectivity index (χ1) is 11.0. The van der Waals surface area contributed by atoms with Gasteiger partial charge >= 0.3 is 5.97 Å². The Morgan fingerprint density at radius 1 is 1.26 bits per heavy atom. The molecule has 120 valence electrons. The standard InChI is InChI=1S/C19H20BrNO2/c20-19-8-13-5-14(9-19)7-18(6-13,12-19)17(22)23-11-16-4-2-1-3-15(16)10-21/h1-4,13-14H,5-9,11-12H2/t13-,14+,18?,19?. The van der Waals surface area contributed by atoms with Crippen LogP contribution in [0.15, 0.2) is 24.3 Å². The van der Waals surface area contributed by atoms with E-state index in [0.29, 0.717) is 17.4 Å². The summed E-state index contributed by atoms with van der Waals surface area (Å²) in [6.07, 6.45) is 6.56. The van der Waals surface area contributed by atoms with Crippen LogP contribution < -0.4 is 0 Å². The first kappa shape index (κ1) is 15.2. The number of benzene rings is 1. The molecule has 2 unspecified atom stereocenters. The lowest BCUT2D eigenvalue weighted by Crippen LogP contribution is -2.56. The van der Waals surface area contributed by atoms with Gasteiger partial charge in [-0.15, -0.1) is 0 Å². The monoisotopic (exact) mass is 373 g/mol. The summed E-state index contributed by atoms with van der Waals surface area (Å²) in [5, 5.41) is 9.15. The Morgan fingerprint density at radius 2 is 1.96 bits per heavy atom. The van der Waals surface area contributed by atoms with Gasteiger partial charge in [0.05, 0.1) is 17.0 Å². The molecule has 4 saturated carbocycles. The van der Waals surface area contributed by atoms with Crippen molar-refractivity contribution in [1.29, 1.82) is 5.26 Å². The van der Waals surface area contributed by atoms with Crippen LogP contribution in [0, 0.1) is 28.6 Å². The number of halogens is 1. The Labute approximate surface area is 145 Å². The molecule has 23 heavy (non-hydrogen) atoms. The summed E-state index contributed by atoms with van der Waals surface area (Å²) in [4.78, 5) is 12.9. The number of nitrogens with zero attached hydrogens (tertiary/aromatic N) is 1. The number of alkyl halides is 1. The van der Waals surface area contributed by atoms with Crippen LogP contribution in [-0.4, -0.2) is 10.3 Å². The van der Waals surface area contributed by atoms with E-state index in [-0.39, 0.29) is 22.3 Å². The van der Waals surface area contributed by atoms with E-state index in [9.17, 15) is 4.79 Å². The van der Waals surface area contributed by atoms with E-state index in [1.807, 2.05) is 18.2 Å². The van der Waals surface area contributed by atoms with Gasteiger partial charge in [-0.1, -0.05) is 34.1 Å². The maximum Gasteiger partial charge on any atom is 0.312 e. The maximum absolute atomic E-state index is 12.9. The van der Waals surface area contributed by atoms with Gasteiger partial charge in [0.15, 0.2) is 0 Å². The molecule has 0 aromatic heterocycles. The fourth-order valence-electron chi connectivity index (χ4n) is 5.44. The summed E-state index contributed by atoms with van der Waals surface area (Å²) in [6, 6.07) is 9.49. The van der Waals surface area contributed by atoms with E-state index in [0.717, 1.165) is 24.8 Å². The Balaban J connectivity index is 1.50. The number of nitriles is 1. The Morgan fingerprint density at radius 3 is 2.61 bits per heavy atom. The number of rotatable bonds is 3. The molecule has 4 aliphatic carbocycles. The normalized spacial score (nSPS) is 37.4. The molecule has 0 heterocycles. The van der Waals surface area contributed by atoms with Crippen molar-refractivity contribution in [3.63, 3.8) is 0 Å². The minimum absolute atomic E-state index is 0.0526.